The quantitative estimate of drug-likeness (QED) is 0.744. The van der Waals surface area contributed by atoms with Crippen molar-refractivity contribution in [1.82, 2.24) is 5.32 Å². The van der Waals surface area contributed by atoms with E-state index in [1.165, 1.54) is 18.2 Å². The number of carbonyl (C=O) groups excluding carboxylic acids is 1. The largest absolute Gasteiger partial charge is 0.384 e. The number of halogens is 1. The molecule has 0 aliphatic heterocycles. The molecule has 0 bridgehead atoms. The van der Waals surface area contributed by atoms with Gasteiger partial charge in [-0.15, -0.1) is 0 Å². The predicted molar refractivity (Wildman–Crippen MR) is 67.6 cm³/mol. The molecule has 0 spiro atoms. The van der Waals surface area contributed by atoms with Crippen LogP contribution in [0.3, 0.4) is 0 Å². The first-order chi connectivity index (χ1) is 8.33. The third kappa shape index (κ3) is 4.19. The number of aliphatic hydroxyl groups is 1. The minimum absolute atomic E-state index is 0.269. The van der Waals surface area contributed by atoms with Crippen LogP contribution in [0, 0.1) is 17.7 Å². The van der Waals surface area contributed by atoms with Crippen LogP contribution in [0.2, 0.25) is 0 Å². The van der Waals surface area contributed by atoms with E-state index >= 15 is 0 Å². The second kappa shape index (κ2) is 5.65. The fourth-order valence-electron chi connectivity index (χ4n) is 1.36. The maximum absolute atomic E-state index is 13.1. The Morgan fingerprint density at radius 1 is 1.44 bits per heavy atom. The Morgan fingerprint density at radius 3 is 2.67 bits per heavy atom. The van der Waals surface area contributed by atoms with E-state index in [2.05, 4.69) is 17.2 Å². The van der Waals surface area contributed by atoms with E-state index in [9.17, 15) is 9.18 Å². The molecular formula is C14H16FNO2. The van der Waals surface area contributed by atoms with Crippen LogP contribution in [0.4, 0.5) is 4.39 Å². The van der Waals surface area contributed by atoms with Crippen LogP contribution in [0.5, 0.6) is 0 Å². The molecule has 0 radical (unpaired) electrons. The zero-order chi connectivity index (χ0) is 13.8. The Labute approximate surface area is 106 Å². The summed E-state index contributed by atoms with van der Waals surface area (Å²) in [5.41, 5.74) is 0.186. The van der Waals surface area contributed by atoms with E-state index in [1.54, 1.807) is 0 Å². The highest BCUT2D eigenvalue weighted by atomic mass is 19.1. The van der Waals surface area contributed by atoms with Gasteiger partial charge in [-0.1, -0.05) is 11.8 Å². The van der Waals surface area contributed by atoms with Gasteiger partial charge in [0.05, 0.1) is 5.56 Å². The van der Waals surface area contributed by atoms with Gasteiger partial charge in [-0.25, -0.2) is 4.39 Å². The molecule has 1 amide bonds. The van der Waals surface area contributed by atoms with Gasteiger partial charge >= 0.3 is 0 Å². The Hall–Kier alpha value is -1.86. The normalized spacial score (nSPS) is 10.5. The van der Waals surface area contributed by atoms with E-state index < -0.39 is 5.82 Å². The molecule has 0 saturated carbocycles. The summed E-state index contributed by atoms with van der Waals surface area (Å²) in [7, 11) is 0. The third-order valence-corrected chi connectivity index (χ3v) is 2.02. The third-order valence-electron chi connectivity index (χ3n) is 2.02. The molecule has 0 saturated heterocycles. The summed E-state index contributed by atoms with van der Waals surface area (Å²) in [4.78, 5) is 12.0. The molecular weight excluding hydrogens is 233 g/mol. The minimum Gasteiger partial charge on any atom is -0.384 e. The molecule has 1 rings (SSSR count). The van der Waals surface area contributed by atoms with Crippen molar-refractivity contribution in [3.05, 3.63) is 35.1 Å². The summed E-state index contributed by atoms with van der Waals surface area (Å²) in [5, 5.41) is 11.4. The Balaban J connectivity index is 3.11. The lowest BCUT2D eigenvalue weighted by Crippen LogP contribution is -2.40. The molecule has 0 fully saturated rings. The van der Waals surface area contributed by atoms with Crippen LogP contribution >= 0.6 is 0 Å². The average molecular weight is 249 g/mol. The monoisotopic (exact) mass is 249 g/mol. The van der Waals surface area contributed by atoms with Crippen molar-refractivity contribution in [2.24, 2.45) is 0 Å². The summed E-state index contributed by atoms with van der Waals surface area (Å²) >= 11 is 0. The van der Waals surface area contributed by atoms with Crippen molar-refractivity contribution in [3.8, 4) is 11.8 Å². The highest BCUT2D eigenvalue weighted by molar-refractivity contribution is 5.97. The molecule has 0 heterocycles. The van der Waals surface area contributed by atoms with Gasteiger partial charge in [0.1, 0.15) is 12.4 Å². The van der Waals surface area contributed by atoms with Crippen LogP contribution in [0.15, 0.2) is 18.2 Å². The van der Waals surface area contributed by atoms with Crippen molar-refractivity contribution in [3.63, 3.8) is 0 Å². The molecule has 0 atom stereocenters. The molecule has 96 valence electrons. The van der Waals surface area contributed by atoms with Crippen LogP contribution in [0.1, 0.15) is 36.7 Å². The second-order valence-corrected chi connectivity index (χ2v) is 4.85. The fraction of sp³-hybridized carbons (Fsp3) is 0.357. The minimum atomic E-state index is -0.468. The maximum atomic E-state index is 13.1. The zero-order valence-corrected chi connectivity index (χ0v) is 10.7. The standard InChI is InChI=1S/C14H16FNO2/c1-14(2,3)16-13(18)12-7-6-11(15)9-10(12)5-4-8-17/h6-7,9,17H,8H2,1-3H3,(H,16,18). The molecule has 0 aromatic heterocycles. The van der Waals surface area contributed by atoms with Gasteiger partial charge in [-0.2, -0.15) is 0 Å². The molecule has 0 aliphatic carbocycles. The van der Waals surface area contributed by atoms with Gasteiger partial charge in [-0.3, -0.25) is 4.79 Å². The summed E-state index contributed by atoms with van der Waals surface area (Å²) in [6, 6.07) is 3.78. The predicted octanol–water partition coefficient (Wildman–Crippen LogP) is 1.70. The van der Waals surface area contributed by atoms with Gasteiger partial charge < -0.3 is 10.4 Å². The van der Waals surface area contributed by atoms with Crippen LogP contribution in [-0.4, -0.2) is 23.2 Å². The average Bonchev–Trinajstić information content (AvgIpc) is 2.23. The van der Waals surface area contributed by atoms with Gasteiger partial charge in [0, 0.05) is 11.1 Å². The molecule has 1 aromatic carbocycles. The summed E-state index contributed by atoms with van der Waals surface area (Å²) in [5.74, 6) is 4.20. The van der Waals surface area contributed by atoms with Gasteiger partial charge in [0.2, 0.25) is 0 Å². The van der Waals surface area contributed by atoms with E-state index in [0.717, 1.165) is 0 Å². The number of amides is 1. The molecule has 3 nitrogen and oxygen atoms in total. The highest BCUT2D eigenvalue weighted by Crippen LogP contribution is 2.12. The molecule has 18 heavy (non-hydrogen) atoms. The highest BCUT2D eigenvalue weighted by Gasteiger charge is 2.17. The van der Waals surface area contributed by atoms with E-state index in [1.807, 2.05) is 20.8 Å². The molecule has 0 aliphatic rings. The molecule has 1 aromatic rings. The van der Waals surface area contributed by atoms with Crippen molar-refractivity contribution in [2.75, 3.05) is 6.61 Å². The van der Waals surface area contributed by atoms with Gasteiger partial charge in [-0.05, 0) is 39.0 Å². The lowest BCUT2D eigenvalue weighted by molar-refractivity contribution is 0.0919. The van der Waals surface area contributed by atoms with Crippen LogP contribution in [0.25, 0.3) is 0 Å². The molecule has 4 heteroatoms. The second-order valence-electron chi connectivity index (χ2n) is 4.85. The van der Waals surface area contributed by atoms with Crippen molar-refractivity contribution in [1.29, 1.82) is 0 Å². The number of carbonyl (C=O) groups is 1. The first-order valence-electron chi connectivity index (χ1n) is 5.55. The Kier molecular flexibility index (Phi) is 4.46. The van der Waals surface area contributed by atoms with Gasteiger partial charge in [0.15, 0.2) is 0 Å². The Morgan fingerprint density at radius 2 is 2.11 bits per heavy atom. The van der Waals surface area contributed by atoms with E-state index in [4.69, 9.17) is 5.11 Å². The smallest absolute Gasteiger partial charge is 0.252 e. The maximum Gasteiger partial charge on any atom is 0.252 e. The van der Waals surface area contributed by atoms with E-state index in [0.29, 0.717) is 5.56 Å². The van der Waals surface area contributed by atoms with E-state index in [-0.39, 0.29) is 23.6 Å². The lowest BCUT2D eigenvalue weighted by atomic mass is 10.0. The van der Waals surface area contributed by atoms with Crippen LogP contribution < -0.4 is 5.32 Å². The Bertz CT molecular complexity index is 507. The summed E-state index contributed by atoms with van der Waals surface area (Å²) in [6.45, 7) is 5.23. The topological polar surface area (TPSA) is 49.3 Å². The van der Waals surface area contributed by atoms with Gasteiger partial charge in [0.25, 0.3) is 5.91 Å². The number of hydrogen-bond donors (Lipinski definition) is 2. The van der Waals surface area contributed by atoms with Crippen molar-refractivity contribution >= 4 is 5.91 Å². The van der Waals surface area contributed by atoms with Crippen molar-refractivity contribution < 1.29 is 14.3 Å². The zero-order valence-electron chi connectivity index (χ0n) is 10.7. The molecule has 0 unspecified atom stereocenters. The number of hydrogen-bond acceptors (Lipinski definition) is 2. The first kappa shape index (κ1) is 14.2. The number of rotatable bonds is 1. The van der Waals surface area contributed by atoms with Crippen LogP contribution in [-0.2, 0) is 0 Å². The SMILES string of the molecule is CC(C)(C)NC(=O)c1ccc(F)cc1C#CCO. The lowest BCUT2D eigenvalue weighted by Gasteiger charge is -2.20. The summed E-state index contributed by atoms with van der Waals surface area (Å²) < 4.78 is 13.1. The summed E-state index contributed by atoms with van der Waals surface area (Å²) in [6.07, 6.45) is 0. The first-order valence-corrected chi connectivity index (χ1v) is 5.55. The number of benzene rings is 1. The van der Waals surface area contributed by atoms with Crippen molar-refractivity contribution in [2.45, 2.75) is 26.3 Å². The molecule has 2 N–H and O–H groups in total. The fourth-order valence-corrected chi connectivity index (χ4v) is 1.36. The number of aliphatic hydroxyl groups excluding tert-OH is 1. The number of nitrogens with one attached hydrogen (secondary N) is 1.